The van der Waals surface area contributed by atoms with Crippen molar-refractivity contribution in [3.63, 3.8) is 0 Å². The van der Waals surface area contributed by atoms with Gasteiger partial charge in [0.05, 0.1) is 12.2 Å². The molecule has 0 bridgehead atoms. The maximum atomic E-state index is 6.09. The minimum absolute atomic E-state index is 0.192. The molecule has 1 aromatic rings. The second-order valence-corrected chi connectivity index (χ2v) is 6.68. The number of hydrogen-bond donors (Lipinski definition) is 0. The smallest absolute Gasteiger partial charge is 0.0809 e. The van der Waals surface area contributed by atoms with Crippen LogP contribution in [0.25, 0.3) is 0 Å². The summed E-state index contributed by atoms with van der Waals surface area (Å²) in [7, 11) is 0. The summed E-state index contributed by atoms with van der Waals surface area (Å²) < 4.78 is 6.09. The summed E-state index contributed by atoms with van der Waals surface area (Å²) in [6, 6.07) is 8.99. The second-order valence-electron chi connectivity index (χ2n) is 5.80. The summed E-state index contributed by atoms with van der Waals surface area (Å²) in [6.45, 7) is 4.17. The molecular weight excluding hydrogens is 254 g/mol. The molecule has 0 radical (unpaired) electrons. The van der Waals surface area contributed by atoms with Crippen molar-refractivity contribution in [3.8, 4) is 0 Å². The first-order valence-corrected chi connectivity index (χ1v) is 8.51. The Morgan fingerprint density at radius 3 is 2.63 bits per heavy atom. The molecule has 2 fully saturated rings. The van der Waals surface area contributed by atoms with E-state index < -0.39 is 0 Å². The Hall–Kier alpha value is -0.510. The van der Waals surface area contributed by atoms with E-state index in [1.54, 1.807) is 11.8 Å². The zero-order chi connectivity index (χ0) is 13.1. The highest BCUT2D eigenvalue weighted by Crippen LogP contribution is 2.36. The summed E-state index contributed by atoms with van der Waals surface area (Å²) in [5.41, 5.74) is 1.62. The normalized spacial score (nSPS) is 23.0. The van der Waals surface area contributed by atoms with E-state index in [2.05, 4.69) is 35.4 Å². The molecule has 1 heterocycles. The first kappa shape index (κ1) is 13.5. The van der Waals surface area contributed by atoms with Gasteiger partial charge in [0.1, 0.15) is 0 Å². The van der Waals surface area contributed by atoms with Crippen LogP contribution in [-0.2, 0) is 11.3 Å². The number of rotatable bonds is 3. The standard InChI is InChI=1S/C16H23NOS/c1-19-15-6-4-14(5-7-15)12-17-10-11-18-16(13-17)8-2-3-9-16/h4-7H,2-3,8-13H2,1H3. The van der Waals surface area contributed by atoms with Gasteiger partial charge in [0.2, 0.25) is 0 Å². The third kappa shape index (κ3) is 3.15. The van der Waals surface area contributed by atoms with Crippen molar-refractivity contribution in [1.29, 1.82) is 0 Å². The molecule has 1 aliphatic heterocycles. The summed E-state index contributed by atoms with van der Waals surface area (Å²) in [5, 5.41) is 0. The first-order chi connectivity index (χ1) is 9.30. The van der Waals surface area contributed by atoms with E-state index in [4.69, 9.17) is 4.74 Å². The van der Waals surface area contributed by atoms with Crippen LogP contribution in [0.5, 0.6) is 0 Å². The summed E-state index contributed by atoms with van der Waals surface area (Å²) in [6.07, 6.45) is 7.33. The van der Waals surface area contributed by atoms with Crippen LogP contribution in [0.2, 0.25) is 0 Å². The predicted molar refractivity (Wildman–Crippen MR) is 80.7 cm³/mol. The number of benzene rings is 1. The second kappa shape index (κ2) is 5.86. The number of hydrogen-bond acceptors (Lipinski definition) is 3. The largest absolute Gasteiger partial charge is 0.372 e. The van der Waals surface area contributed by atoms with E-state index in [0.717, 1.165) is 26.2 Å². The van der Waals surface area contributed by atoms with Crippen LogP contribution >= 0.6 is 11.8 Å². The average Bonchev–Trinajstić information content (AvgIpc) is 2.88. The molecule has 0 unspecified atom stereocenters. The molecule has 1 spiro atoms. The molecule has 0 N–H and O–H groups in total. The van der Waals surface area contributed by atoms with Crippen LogP contribution in [0, 0.1) is 0 Å². The number of thioether (sulfide) groups is 1. The molecule has 0 amide bonds. The summed E-state index contributed by atoms with van der Waals surface area (Å²) >= 11 is 1.81. The Labute approximate surface area is 120 Å². The van der Waals surface area contributed by atoms with E-state index in [-0.39, 0.29) is 5.60 Å². The first-order valence-electron chi connectivity index (χ1n) is 7.29. The van der Waals surface area contributed by atoms with E-state index in [1.165, 1.54) is 36.1 Å². The molecule has 1 aromatic carbocycles. The van der Waals surface area contributed by atoms with Crippen LogP contribution in [0.4, 0.5) is 0 Å². The van der Waals surface area contributed by atoms with Crippen molar-refractivity contribution in [2.45, 2.75) is 42.7 Å². The van der Waals surface area contributed by atoms with E-state index in [0.29, 0.717) is 0 Å². The van der Waals surface area contributed by atoms with Crippen LogP contribution < -0.4 is 0 Å². The Morgan fingerprint density at radius 1 is 1.21 bits per heavy atom. The van der Waals surface area contributed by atoms with Crippen molar-refractivity contribution in [3.05, 3.63) is 29.8 Å². The third-order valence-electron chi connectivity index (χ3n) is 4.41. The minimum atomic E-state index is 0.192. The lowest BCUT2D eigenvalue weighted by Gasteiger charge is -2.40. The van der Waals surface area contributed by atoms with Gasteiger partial charge in [-0.2, -0.15) is 0 Å². The maximum Gasteiger partial charge on any atom is 0.0809 e. The molecule has 3 heteroatoms. The summed E-state index contributed by atoms with van der Waals surface area (Å²) in [4.78, 5) is 3.92. The molecule has 104 valence electrons. The van der Waals surface area contributed by atoms with E-state index in [1.807, 2.05) is 0 Å². The Kier molecular flexibility index (Phi) is 4.15. The highest BCUT2D eigenvalue weighted by molar-refractivity contribution is 7.98. The van der Waals surface area contributed by atoms with Gasteiger partial charge in [-0.25, -0.2) is 0 Å². The quantitative estimate of drug-likeness (QED) is 0.784. The molecule has 3 rings (SSSR count). The van der Waals surface area contributed by atoms with Crippen LogP contribution in [0.15, 0.2) is 29.2 Å². The number of nitrogens with zero attached hydrogens (tertiary/aromatic N) is 1. The molecule has 1 saturated heterocycles. The highest BCUT2D eigenvalue weighted by Gasteiger charge is 2.38. The van der Waals surface area contributed by atoms with Gasteiger partial charge in [-0.1, -0.05) is 25.0 Å². The van der Waals surface area contributed by atoms with Crippen LogP contribution in [0.1, 0.15) is 31.2 Å². The zero-order valence-electron chi connectivity index (χ0n) is 11.7. The van der Waals surface area contributed by atoms with Gasteiger partial charge >= 0.3 is 0 Å². The third-order valence-corrected chi connectivity index (χ3v) is 5.15. The van der Waals surface area contributed by atoms with Gasteiger partial charge in [0, 0.05) is 24.5 Å². The maximum absolute atomic E-state index is 6.09. The van der Waals surface area contributed by atoms with E-state index in [9.17, 15) is 0 Å². The molecular formula is C16H23NOS. The monoisotopic (exact) mass is 277 g/mol. The fourth-order valence-corrected chi connectivity index (χ4v) is 3.78. The molecule has 2 aliphatic rings. The minimum Gasteiger partial charge on any atom is -0.372 e. The lowest BCUT2D eigenvalue weighted by Crippen LogP contribution is -2.49. The van der Waals surface area contributed by atoms with Gasteiger partial charge in [0.25, 0.3) is 0 Å². The zero-order valence-corrected chi connectivity index (χ0v) is 12.5. The average molecular weight is 277 g/mol. The highest BCUT2D eigenvalue weighted by atomic mass is 32.2. The lowest BCUT2D eigenvalue weighted by atomic mass is 9.99. The molecule has 2 nitrogen and oxygen atoms in total. The van der Waals surface area contributed by atoms with Gasteiger partial charge < -0.3 is 4.74 Å². The fourth-order valence-electron chi connectivity index (χ4n) is 3.37. The van der Waals surface area contributed by atoms with Crippen molar-refractivity contribution >= 4 is 11.8 Å². The topological polar surface area (TPSA) is 12.5 Å². The lowest BCUT2D eigenvalue weighted by molar-refractivity contribution is -0.107. The number of morpholine rings is 1. The number of ether oxygens (including phenoxy) is 1. The SMILES string of the molecule is CSc1ccc(CN2CCOC3(CCCC3)C2)cc1. The van der Waals surface area contributed by atoms with Crippen molar-refractivity contribution in [1.82, 2.24) is 4.90 Å². The van der Waals surface area contributed by atoms with Crippen molar-refractivity contribution in [2.24, 2.45) is 0 Å². The van der Waals surface area contributed by atoms with Crippen molar-refractivity contribution in [2.75, 3.05) is 26.0 Å². The van der Waals surface area contributed by atoms with Gasteiger partial charge in [-0.05, 0) is 36.8 Å². The van der Waals surface area contributed by atoms with Gasteiger partial charge in [-0.15, -0.1) is 11.8 Å². The van der Waals surface area contributed by atoms with Crippen LogP contribution in [0.3, 0.4) is 0 Å². The van der Waals surface area contributed by atoms with Crippen molar-refractivity contribution < 1.29 is 4.74 Å². The van der Waals surface area contributed by atoms with Gasteiger partial charge in [0.15, 0.2) is 0 Å². The Morgan fingerprint density at radius 2 is 1.95 bits per heavy atom. The molecule has 19 heavy (non-hydrogen) atoms. The summed E-state index contributed by atoms with van der Waals surface area (Å²) in [5.74, 6) is 0. The Balaban J connectivity index is 1.62. The molecule has 1 aliphatic carbocycles. The van der Waals surface area contributed by atoms with E-state index >= 15 is 0 Å². The molecule has 0 aromatic heterocycles. The predicted octanol–water partition coefficient (Wildman–Crippen LogP) is 3.55. The van der Waals surface area contributed by atoms with Gasteiger partial charge in [-0.3, -0.25) is 4.90 Å². The fraction of sp³-hybridized carbons (Fsp3) is 0.625. The molecule has 1 saturated carbocycles. The molecule has 0 atom stereocenters. The Bertz CT molecular complexity index is 411. The van der Waals surface area contributed by atoms with Crippen LogP contribution in [-0.4, -0.2) is 36.5 Å².